The van der Waals surface area contributed by atoms with Crippen molar-refractivity contribution in [2.24, 2.45) is 0 Å². The van der Waals surface area contributed by atoms with Gasteiger partial charge in [0.25, 0.3) is 12.3 Å². The van der Waals surface area contributed by atoms with Gasteiger partial charge in [-0.2, -0.15) is 0 Å². The number of alkyl halides is 2. The van der Waals surface area contributed by atoms with E-state index in [1.54, 1.807) is 26.0 Å². The largest absolute Gasteiger partial charge is 0.471 e. The summed E-state index contributed by atoms with van der Waals surface area (Å²) in [5, 5.41) is 5.45. The predicted molar refractivity (Wildman–Crippen MR) is 104 cm³/mol. The van der Waals surface area contributed by atoms with Crippen molar-refractivity contribution in [3.05, 3.63) is 47.3 Å². The number of pyridine rings is 2. The lowest BCUT2D eigenvalue weighted by atomic mass is 10.1. The van der Waals surface area contributed by atoms with E-state index in [9.17, 15) is 18.4 Å². The van der Waals surface area contributed by atoms with E-state index in [0.717, 1.165) is 0 Å². The summed E-state index contributed by atoms with van der Waals surface area (Å²) < 4.78 is 29.8. The summed E-state index contributed by atoms with van der Waals surface area (Å²) in [4.78, 5) is 32.2. The fourth-order valence-electron chi connectivity index (χ4n) is 2.51. The van der Waals surface area contributed by atoms with Crippen molar-refractivity contribution in [3.63, 3.8) is 0 Å². The average Bonchev–Trinajstić information content (AvgIpc) is 2.71. The quantitative estimate of drug-likeness (QED) is 0.665. The number of halogens is 2. The number of anilines is 1. The van der Waals surface area contributed by atoms with E-state index < -0.39 is 13.0 Å². The number of carbonyl (C=O) groups is 2. The molecule has 0 aliphatic heterocycles. The number of ether oxygens (including phenoxy) is 1. The Balaban J connectivity index is 2.09. The zero-order chi connectivity index (χ0) is 21.4. The van der Waals surface area contributed by atoms with E-state index >= 15 is 0 Å². The maximum absolute atomic E-state index is 12.6. The summed E-state index contributed by atoms with van der Waals surface area (Å²) in [5.41, 5.74) is 1.74. The molecule has 0 spiro atoms. The van der Waals surface area contributed by atoms with E-state index in [4.69, 9.17) is 4.74 Å². The number of carbonyl (C=O) groups excluding carboxylic acids is 2. The van der Waals surface area contributed by atoms with Gasteiger partial charge in [0, 0.05) is 29.9 Å². The van der Waals surface area contributed by atoms with Crippen LogP contribution in [0.15, 0.2) is 30.6 Å². The highest BCUT2D eigenvalue weighted by Gasteiger charge is 2.16. The van der Waals surface area contributed by atoms with Crippen molar-refractivity contribution in [2.45, 2.75) is 46.1 Å². The van der Waals surface area contributed by atoms with Gasteiger partial charge in [-0.05, 0) is 37.1 Å². The lowest BCUT2D eigenvalue weighted by Gasteiger charge is -2.17. The molecule has 2 rings (SSSR count). The first kappa shape index (κ1) is 22.2. The van der Waals surface area contributed by atoms with E-state index in [2.05, 4.69) is 20.6 Å². The van der Waals surface area contributed by atoms with Crippen LogP contribution in [0.25, 0.3) is 0 Å². The molecule has 0 aliphatic carbocycles. The highest BCUT2D eigenvalue weighted by atomic mass is 19.3. The maximum atomic E-state index is 12.6. The Kier molecular flexibility index (Phi) is 7.99. The first-order valence-electron chi connectivity index (χ1n) is 9.30. The first-order valence-corrected chi connectivity index (χ1v) is 9.30. The average molecular weight is 406 g/mol. The minimum Gasteiger partial charge on any atom is -0.471 e. The number of rotatable bonds is 9. The molecule has 7 nitrogen and oxygen atoms in total. The van der Waals surface area contributed by atoms with Crippen LogP contribution in [0.3, 0.4) is 0 Å². The molecule has 0 aliphatic rings. The van der Waals surface area contributed by atoms with E-state index in [1.165, 1.54) is 18.5 Å². The Morgan fingerprint density at radius 1 is 1.21 bits per heavy atom. The highest BCUT2D eigenvalue weighted by molar-refractivity contribution is 5.96. The Labute approximate surface area is 167 Å². The van der Waals surface area contributed by atoms with Crippen LogP contribution in [-0.4, -0.2) is 34.8 Å². The fraction of sp³-hybridized carbons (Fsp3) is 0.400. The molecule has 156 valence electrons. The topological polar surface area (TPSA) is 93.2 Å². The Hall–Kier alpha value is -3.10. The Morgan fingerprint density at radius 3 is 2.62 bits per heavy atom. The smallest absolute Gasteiger partial charge is 0.272 e. The van der Waals surface area contributed by atoms with Crippen LogP contribution in [-0.2, 0) is 11.2 Å². The molecule has 1 atom stereocenters. The van der Waals surface area contributed by atoms with Gasteiger partial charge in [-0.15, -0.1) is 0 Å². The second-order valence-corrected chi connectivity index (χ2v) is 6.32. The van der Waals surface area contributed by atoms with Gasteiger partial charge in [0.15, 0.2) is 6.61 Å². The molecule has 0 saturated carbocycles. The van der Waals surface area contributed by atoms with Gasteiger partial charge in [0.1, 0.15) is 5.82 Å². The van der Waals surface area contributed by atoms with Gasteiger partial charge in [-0.3, -0.25) is 9.59 Å². The van der Waals surface area contributed by atoms with Gasteiger partial charge in [-0.1, -0.05) is 13.8 Å². The van der Waals surface area contributed by atoms with Crippen LogP contribution in [0, 0.1) is 0 Å². The van der Waals surface area contributed by atoms with Crippen molar-refractivity contribution >= 4 is 17.6 Å². The van der Waals surface area contributed by atoms with Crippen LogP contribution in [0.1, 0.15) is 54.7 Å². The third-order valence-electron chi connectivity index (χ3n) is 4.13. The molecular weight excluding hydrogens is 382 g/mol. The second-order valence-electron chi connectivity index (χ2n) is 6.32. The first-order chi connectivity index (χ1) is 13.8. The van der Waals surface area contributed by atoms with Gasteiger partial charge in [0.2, 0.25) is 11.8 Å². The van der Waals surface area contributed by atoms with Crippen molar-refractivity contribution in [1.82, 2.24) is 15.3 Å². The normalized spacial score (nSPS) is 11.8. The van der Waals surface area contributed by atoms with Crippen molar-refractivity contribution in [3.8, 4) is 5.88 Å². The molecule has 0 saturated heterocycles. The van der Waals surface area contributed by atoms with Gasteiger partial charge >= 0.3 is 0 Å². The molecule has 1 unspecified atom stereocenters. The highest BCUT2D eigenvalue weighted by Crippen LogP contribution is 2.22. The minimum atomic E-state index is -2.58. The lowest BCUT2D eigenvalue weighted by molar-refractivity contribution is -0.115. The third kappa shape index (κ3) is 6.48. The predicted octanol–water partition coefficient (Wildman–Crippen LogP) is 3.52. The Morgan fingerprint density at radius 2 is 1.97 bits per heavy atom. The fourth-order valence-corrected chi connectivity index (χ4v) is 2.51. The molecule has 2 aromatic heterocycles. The Bertz CT molecular complexity index is 861. The van der Waals surface area contributed by atoms with Crippen molar-refractivity contribution < 1.29 is 23.1 Å². The molecule has 0 fully saturated rings. The van der Waals surface area contributed by atoms with Gasteiger partial charge in [-0.25, -0.2) is 18.7 Å². The molecule has 2 aromatic rings. The van der Waals surface area contributed by atoms with E-state index in [0.29, 0.717) is 35.3 Å². The zero-order valence-corrected chi connectivity index (χ0v) is 16.5. The standard InChI is InChI=1S/C20H24F2N4O3/c1-4-13-8-15(10-24-20(13)29-11-16(21)22)12(3)25-19(28)14-6-7-23-17(9-14)26-18(27)5-2/h6-10,12,16H,4-5,11H2,1-3H3,(H,25,28)(H,23,26,27). The summed E-state index contributed by atoms with van der Waals surface area (Å²) in [6, 6.07) is 4.43. The van der Waals surface area contributed by atoms with Crippen LogP contribution in [0.5, 0.6) is 5.88 Å². The maximum Gasteiger partial charge on any atom is 0.272 e. The van der Waals surface area contributed by atoms with E-state index in [1.807, 2.05) is 6.92 Å². The minimum absolute atomic E-state index is 0.167. The molecule has 2 N–H and O–H groups in total. The summed E-state index contributed by atoms with van der Waals surface area (Å²) in [7, 11) is 0. The van der Waals surface area contributed by atoms with Crippen molar-refractivity contribution in [2.75, 3.05) is 11.9 Å². The molecule has 2 amide bonds. The monoisotopic (exact) mass is 406 g/mol. The number of nitrogens with zero attached hydrogens (tertiary/aromatic N) is 2. The second kappa shape index (κ2) is 10.4. The van der Waals surface area contributed by atoms with Crippen molar-refractivity contribution in [1.29, 1.82) is 0 Å². The van der Waals surface area contributed by atoms with E-state index in [-0.39, 0.29) is 23.7 Å². The molecular formula is C20H24F2N4O3. The summed E-state index contributed by atoms with van der Waals surface area (Å²) in [6.45, 7) is 4.65. The molecule has 0 radical (unpaired) electrons. The van der Waals surface area contributed by atoms with Crippen LogP contribution >= 0.6 is 0 Å². The lowest BCUT2D eigenvalue weighted by Crippen LogP contribution is -2.27. The third-order valence-corrected chi connectivity index (χ3v) is 4.13. The van der Waals surface area contributed by atoms with Gasteiger partial charge < -0.3 is 15.4 Å². The number of aryl methyl sites for hydroxylation is 1. The number of amides is 2. The summed E-state index contributed by atoms with van der Waals surface area (Å²) in [6.07, 6.45) is 1.21. The van der Waals surface area contributed by atoms with Crippen LogP contribution in [0.2, 0.25) is 0 Å². The van der Waals surface area contributed by atoms with Crippen LogP contribution in [0.4, 0.5) is 14.6 Å². The number of hydrogen-bond acceptors (Lipinski definition) is 5. The molecule has 0 aromatic carbocycles. The van der Waals surface area contributed by atoms with Gasteiger partial charge in [0.05, 0.1) is 6.04 Å². The number of aromatic nitrogens is 2. The number of hydrogen-bond donors (Lipinski definition) is 2. The van der Waals surface area contributed by atoms with Crippen LogP contribution < -0.4 is 15.4 Å². The zero-order valence-electron chi connectivity index (χ0n) is 16.5. The molecule has 0 bridgehead atoms. The molecule has 29 heavy (non-hydrogen) atoms. The SMILES string of the molecule is CCC(=O)Nc1cc(C(=O)NC(C)c2cnc(OCC(F)F)c(CC)c2)ccn1. The summed E-state index contributed by atoms with van der Waals surface area (Å²) >= 11 is 0. The summed E-state index contributed by atoms with van der Waals surface area (Å²) in [5.74, 6) is -0.0770. The molecule has 2 heterocycles. The number of nitrogens with one attached hydrogen (secondary N) is 2. The molecule has 9 heteroatoms.